The van der Waals surface area contributed by atoms with Gasteiger partial charge in [0.05, 0.1) is 5.69 Å². The fourth-order valence-electron chi connectivity index (χ4n) is 4.17. The molecule has 9 heteroatoms. The zero-order chi connectivity index (χ0) is 21.7. The van der Waals surface area contributed by atoms with Gasteiger partial charge in [0, 0.05) is 42.8 Å². The third kappa shape index (κ3) is 4.04. The molecule has 0 aromatic carbocycles. The lowest BCUT2D eigenvalue weighted by Gasteiger charge is -2.34. The summed E-state index contributed by atoms with van der Waals surface area (Å²) in [7, 11) is 0. The minimum Gasteiger partial charge on any atom is -0.368 e. The Morgan fingerprint density at radius 3 is 2.57 bits per heavy atom. The first-order valence-electron chi connectivity index (χ1n) is 10.4. The molecule has 1 amide bonds. The number of carbonyl (C=O) groups is 1. The number of fused-ring (bicyclic) bond motifs is 1. The van der Waals surface area contributed by atoms with Gasteiger partial charge in [-0.2, -0.15) is 18.3 Å². The molecular weight excluding hydrogens is 397 g/mol. The van der Waals surface area contributed by atoms with Crippen LogP contribution < -0.4 is 0 Å². The third-order valence-corrected chi connectivity index (χ3v) is 5.86. The van der Waals surface area contributed by atoms with Crippen molar-refractivity contribution in [1.82, 2.24) is 19.5 Å². The maximum atomic E-state index is 13.8. The molecule has 2 atom stereocenters. The van der Waals surface area contributed by atoms with E-state index in [0.29, 0.717) is 43.9 Å². The average molecular weight is 424 g/mol. The van der Waals surface area contributed by atoms with Gasteiger partial charge in [-0.15, -0.1) is 0 Å². The first kappa shape index (κ1) is 21.1. The summed E-state index contributed by atoms with van der Waals surface area (Å²) in [6.07, 6.45) is -2.00. The van der Waals surface area contributed by atoms with Crippen molar-refractivity contribution in [1.29, 1.82) is 0 Å². The second kappa shape index (κ2) is 7.51. The molecule has 2 aliphatic rings. The van der Waals surface area contributed by atoms with Crippen LogP contribution in [-0.2, 0) is 21.1 Å². The van der Waals surface area contributed by atoms with Gasteiger partial charge < -0.3 is 9.64 Å². The Bertz CT molecular complexity index is 942. The maximum Gasteiger partial charge on any atom is 0.433 e. The average Bonchev–Trinajstić information content (AvgIpc) is 3.35. The van der Waals surface area contributed by atoms with Crippen LogP contribution in [0.2, 0.25) is 0 Å². The summed E-state index contributed by atoms with van der Waals surface area (Å²) in [5.74, 6) is -0.308. The van der Waals surface area contributed by atoms with Gasteiger partial charge in [0.2, 0.25) is 0 Å². The number of alkyl halides is 3. The number of piperidine rings is 1. The van der Waals surface area contributed by atoms with Gasteiger partial charge in [0.15, 0.2) is 5.65 Å². The van der Waals surface area contributed by atoms with Crippen molar-refractivity contribution in [2.24, 2.45) is 0 Å². The van der Waals surface area contributed by atoms with Gasteiger partial charge in [-0.25, -0.2) is 9.50 Å². The molecule has 0 spiro atoms. The Morgan fingerprint density at radius 2 is 1.93 bits per heavy atom. The van der Waals surface area contributed by atoms with E-state index in [1.54, 1.807) is 11.0 Å². The molecule has 2 aromatic heterocycles. The molecule has 30 heavy (non-hydrogen) atoms. The second-order valence-corrected chi connectivity index (χ2v) is 9.24. The van der Waals surface area contributed by atoms with Crippen LogP contribution in [0.25, 0.3) is 5.65 Å². The predicted octanol–water partition coefficient (Wildman–Crippen LogP) is 3.93. The van der Waals surface area contributed by atoms with Crippen molar-refractivity contribution in [2.45, 2.75) is 70.1 Å². The second-order valence-electron chi connectivity index (χ2n) is 9.24. The van der Waals surface area contributed by atoms with Crippen LogP contribution in [-0.4, -0.2) is 51.2 Å². The van der Waals surface area contributed by atoms with Crippen LogP contribution in [0.15, 0.2) is 12.1 Å². The zero-order valence-corrected chi connectivity index (χ0v) is 17.5. The van der Waals surface area contributed by atoms with Crippen molar-refractivity contribution in [3.05, 3.63) is 29.2 Å². The molecule has 2 saturated heterocycles. The topological polar surface area (TPSA) is 59.7 Å². The highest BCUT2D eigenvalue weighted by atomic mass is 19.4. The van der Waals surface area contributed by atoms with E-state index in [-0.39, 0.29) is 17.5 Å². The largest absolute Gasteiger partial charge is 0.433 e. The molecule has 0 aliphatic carbocycles. The van der Waals surface area contributed by atoms with Crippen molar-refractivity contribution in [2.75, 3.05) is 19.7 Å². The number of halogens is 3. The molecule has 6 nitrogen and oxygen atoms in total. The van der Waals surface area contributed by atoms with Gasteiger partial charge in [0.25, 0.3) is 5.91 Å². The number of carbonyl (C=O) groups excluding carboxylic acids is 1. The van der Waals surface area contributed by atoms with Gasteiger partial charge in [-0.05, 0) is 31.7 Å². The fraction of sp³-hybridized carbons (Fsp3) is 0.667. The van der Waals surface area contributed by atoms with Gasteiger partial charge in [-0.1, -0.05) is 20.8 Å². The van der Waals surface area contributed by atoms with Crippen molar-refractivity contribution >= 4 is 11.6 Å². The Hall–Kier alpha value is -2.16. The van der Waals surface area contributed by atoms with Crippen LogP contribution in [0, 0.1) is 0 Å². The quantitative estimate of drug-likeness (QED) is 0.733. The van der Waals surface area contributed by atoms with E-state index >= 15 is 0 Å². The van der Waals surface area contributed by atoms with Crippen molar-refractivity contribution < 1.29 is 22.7 Å². The van der Waals surface area contributed by atoms with Crippen LogP contribution in [0.5, 0.6) is 0 Å². The Kier molecular flexibility index (Phi) is 5.28. The number of rotatable bonds is 2. The molecule has 0 N–H and O–H groups in total. The van der Waals surface area contributed by atoms with E-state index in [1.165, 1.54) is 0 Å². The molecule has 0 radical (unpaired) electrons. The highest BCUT2D eigenvalue weighted by Crippen LogP contribution is 2.35. The lowest BCUT2D eigenvalue weighted by Crippen LogP contribution is -2.44. The van der Waals surface area contributed by atoms with E-state index in [9.17, 15) is 18.0 Å². The van der Waals surface area contributed by atoms with Crippen LogP contribution in [0.4, 0.5) is 13.2 Å². The predicted molar refractivity (Wildman–Crippen MR) is 104 cm³/mol. The normalized spacial score (nSPS) is 23.3. The van der Waals surface area contributed by atoms with Gasteiger partial charge >= 0.3 is 6.18 Å². The summed E-state index contributed by atoms with van der Waals surface area (Å²) in [4.78, 5) is 19.0. The standard InChI is InChI=1S/C21H27F3N4O2/c1-20(2,3)16-11-18-25-14(10-17(21(22,23)24)28(18)26-16)13-6-4-8-27(12-13)19(29)15-7-5-9-30-15/h10-11,13,15H,4-9,12H2,1-3H3/t13-,15+/m0/s1. The molecule has 2 fully saturated rings. The Balaban J connectivity index is 1.68. The molecule has 164 valence electrons. The fourth-order valence-corrected chi connectivity index (χ4v) is 4.17. The van der Waals surface area contributed by atoms with E-state index in [1.807, 2.05) is 20.8 Å². The van der Waals surface area contributed by atoms with Crippen molar-refractivity contribution in [3.8, 4) is 0 Å². The monoisotopic (exact) mass is 424 g/mol. The maximum absolute atomic E-state index is 13.8. The molecule has 2 aromatic rings. The molecular formula is C21H27F3N4O2. The van der Waals surface area contributed by atoms with E-state index < -0.39 is 23.4 Å². The Morgan fingerprint density at radius 1 is 1.17 bits per heavy atom. The zero-order valence-electron chi connectivity index (χ0n) is 17.5. The van der Waals surface area contributed by atoms with Crippen LogP contribution >= 0.6 is 0 Å². The van der Waals surface area contributed by atoms with Crippen LogP contribution in [0.1, 0.15) is 69.5 Å². The number of aromatic nitrogens is 3. The summed E-state index contributed by atoms with van der Waals surface area (Å²) >= 11 is 0. The molecule has 2 aliphatic heterocycles. The van der Waals surface area contributed by atoms with Crippen LogP contribution in [0.3, 0.4) is 0 Å². The smallest absolute Gasteiger partial charge is 0.368 e. The Labute approximate surface area is 173 Å². The highest BCUT2D eigenvalue weighted by molar-refractivity contribution is 5.81. The number of hydrogen-bond acceptors (Lipinski definition) is 4. The van der Waals surface area contributed by atoms with E-state index in [2.05, 4.69) is 10.1 Å². The number of ether oxygens (including phenoxy) is 1. The lowest BCUT2D eigenvalue weighted by atomic mass is 9.92. The highest BCUT2D eigenvalue weighted by Gasteiger charge is 2.38. The molecule has 4 rings (SSSR count). The summed E-state index contributed by atoms with van der Waals surface area (Å²) in [6, 6.07) is 2.72. The minimum absolute atomic E-state index is 0.0614. The minimum atomic E-state index is -4.56. The number of nitrogens with zero attached hydrogens (tertiary/aromatic N) is 4. The lowest BCUT2D eigenvalue weighted by molar-refractivity contribution is -0.143. The summed E-state index contributed by atoms with van der Waals surface area (Å²) in [6.45, 7) is 7.25. The number of likely N-dealkylation sites (tertiary alicyclic amines) is 1. The summed E-state index contributed by atoms with van der Waals surface area (Å²) in [5.41, 5.74) is -0.129. The van der Waals surface area contributed by atoms with Gasteiger partial charge in [-0.3, -0.25) is 4.79 Å². The summed E-state index contributed by atoms with van der Waals surface area (Å²) in [5, 5.41) is 4.19. The number of hydrogen-bond donors (Lipinski definition) is 0. The number of amides is 1. The molecule has 0 saturated carbocycles. The first-order chi connectivity index (χ1) is 14.0. The SMILES string of the molecule is CC(C)(C)c1cc2nc([C@H]3CCCN(C(=O)[C@H]4CCCO4)C3)cc(C(F)(F)F)n2n1. The first-order valence-corrected chi connectivity index (χ1v) is 10.4. The van der Waals surface area contributed by atoms with Gasteiger partial charge in [0.1, 0.15) is 11.8 Å². The molecule has 4 heterocycles. The molecule has 0 unspecified atom stereocenters. The van der Waals surface area contributed by atoms with Crippen molar-refractivity contribution in [3.63, 3.8) is 0 Å². The third-order valence-electron chi connectivity index (χ3n) is 5.86. The van der Waals surface area contributed by atoms with E-state index in [4.69, 9.17) is 4.74 Å². The summed E-state index contributed by atoms with van der Waals surface area (Å²) < 4.78 is 47.8. The van der Waals surface area contributed by atoms with E-state index in [0.717, 1.165) is 23.4 Å². The molecule has 0 bridgehead atoms.